The van der Waals surface area contributed by atoms with Crippen LogP contribution in [0.2, 0.25) is 5.02 Å². The van der Waals surface area contributed by atoms with Crippen molar-refractivity contribution in [2.24, 2.45) is 0 Å². The smallest absolute Gasteiger partial charge is 0.196 e. The van der Waals surface area contributed by atoms with Gasteiger partial charge in [0.15, 0.2) is 5.78 Å². The molecule has 3 aromatic rings. The number of ether oxygens (including phenoxy) is 1. The standard InChI is InChI=1S/C17H14ClNO2/c1-2-21-15-9-5-8-14-16(15)12(10-19-14)17(20)11-6-3-4-7-13(11)18/h3-10,19H,2H2,1H3. The highest BCUT2D eigenvalue weighted by molar-refractivity contribution is 6.35. The van der Waals surface area contributed by atoms with Crippen molar-refractivity contribution < 1.29 is 9.53 Å². The van der Waals surface area contributed by atoms with E-state index >= 15 is 0 Å². The number of carbonyl (C=O) groups is 1. The number of halogens is 1. The predicted molar refractivity (Wildman–Crippen MR) is 84.4 cm³/mol. The molecule has 21 heavy (non-hydrogen) atoms. The summed E-state index contributed by atoms with van der Waals surface area (Å²) in [6.45, 7) is 2.46. The predicted octanol–water partition coefficient (Wildman–Crippen LogP) is 4.45. The molecule has 0 unspecified atom stereocenters. The van der Waals surface area contributed by atoms with E-state index in [9.17, 15) is 4.79 Å². The lowest BCUT2D eigenvalue weighted by Gasteiger charge is -2.07. The molecule has 0 fully saturated rings. The summed E-state index contributed by atoms with van der Waals surface area (Å²) in [5, 5.41) is 1.25. The van der Waals surface area contributed by atoms with Gasteiger partial charge in [-0.05, 0) is 31.2 Å². The van der Waals surface area contributed by atoms with Crippen molar-refractivity contribution in [1.29, 1.82) is 0 Å². The Morgan fingerprint density at radius 2 is 1.95 bits per heavy atom. The maximum absolute atomic E-state index is 12.7. The summed E-state index contributed by atoms with van der Waals surface area (Å²) in [5.41, 5.74) is 1.94. The summed E-state index contributed by atoms with van der Waals surface area (Å²) in [5.74, 6) is 0.589. The highest BCUT2D eigenvalue weighted by atomic mass is 35.5. The number of nitrogens with one attached hydrogen (secondary N) is 1. The summed E-state index contributed by atoms with van der Waals surface area (Å²) in [6.07, 6.45) is 1.71. The van der Waals surface area contributed by atoms with E-state index in [1.807, 2.05) is 25.1 Å². The molecule has 0 spiro atoms. The summed E-state index contributed by atoms with van der Waals surface area (Å²) in [7, 11) is 0. The second-order valence-corrected chi connectivity index (χ2v) is 5.03. The van der Waals surface area contributed by atoms with Crippen LogP contribution < -0.4 is 4.74 Å². The van der Waals surface area contributed by atoms with Gasteiger partial charge in [0.05, 0.1) is 22.6 Å². The van der Waals surface area contributed by atoms with E-state index < -0.39 is 0 Å². The van der Waals surface area contributed by atoms with Crippen LogP contribution in [-0.4, -0.2) is 17.4 Å². The molecule has 1 N–H and O–H groups in total. The molecule has 0 amide bonds. The van der Waals surface area contributed by atoms with Gasteiger partial charge in [0.1, 0.15) is 5.75 Å². The van der Waals surface area contributed by atoms with Crippen molar-refractivity contribution in [2.45, 2.75) is 6.92 Å². The fourth-order valence-electron chi connectivity index (χ4n) is 2.40. The number of carbonyl (C=O) groups excluding carboxylic acids is 1. The normalized spacial score (nSPS) is 10.8. The Balaban J connectivity index is 2.17. The number of fused-ring (bicyclic) bond motifs is 1. The van der Waals surface area contributed by atoms with Crippen LogP contribution in [-0.2, 0) is 0 Å². The number of hydrogen-bond donors (Lipinski definition) is 1. The molecule has 0 aliphatic carbocycles. The van der Waals surface area contributed by atoms with Crippen molar-refractivity contribution in [2.75, 3.05) is 6.61 Å². The lowest BCUT2D eigenvalue weighted by Crippen LogP contribution is -2.02. The van der Waals surface area contributed by atoms with Gasteiger partial charge in [0, 0.05) is 17.3 Å². The second kappa shape index (κ2) is 5.62. The Bertz CT molecular complexity index is 807. The van der Waals surface area contributed by atoms with Gasteiger partial charge in [-0.3, -0.25) is 4.79 Å². The number of benzene rings is 2. The van der Waals surface area contributed by atoms with E-state index in [1.165, 1.54) is 0 Å². The van der Waals surface area contributed by atoms with Crippen LogP contribution in [0.15, 0.2) is 48.7 Å². The van der Waals surface area contributed by atoms with Gasteiger partial charge >= 0.3 is 0 Å². The fraction of sp³-hybridized carbons (Fsp3) is 0.118. The molecular weight excluding hydrogens is 286 g/mol. The minimum absolute atomic E-state index is 0.112. The van der Waals surface area contributed by atoms with Crippen molar-refractivity contribution in [3.05, 3.63) is 64.8 Å². The minimum Gasteiger partial charge on any atom is -0.493 e. The Morgan fingerprint density at radius 3 is 2.71 bits per heavy atom. The highest BCUT2D eigenvalue weighted by Gasteiger charge is 2.19. The number of H-pyrrole nitrogens is 1. The molecule has 0 atom stereocenters. The van der Waals surface area contributed by atoms with Gasteiger partial charge in [-0.1, -0.05) is 29.8 Å². The number of hydrogen-bond acceptors (Lipinski definition) is 2. The molecule has 1 heterocycles. The second-order valence-electron chi connectivity index (χ2n) is 4.62. The number of rotatable bonds is 4. The SMILES string of the molecule is CCOc1cccc2[nH]cc(C(=O)c3ccccc3Cl)c12. The molecule has 0 saturated carbocycles. The van der Waals surface area contributed by atoms with E-state index in [0.29, 0.717) is 28.5 Å². The third-order valence-electron chi connectivity index (χ3n) is 3.33. The molecule has 3 nitrogen and oxygen atoms in total. The summed E-state index contributed by atoms with van der Waals surface area (Å²) < 4.78 is 5.63. The van der Waals surface area contributed by atoms with Crippen LogP contribution in [0.5, 0.6) is 5.75 Å². The maximum atomic E-state index is 12.7. The number of aromatic nitrogens is 1. The molecule has 0 saturated heterocycles. The average molecular weight is 300 g/mol. The van der Waals surface area contributed by atoms with Gasteiger partial charge in [0.25, 0.3) is 0 Å². The van der Waals surface area contributed by atoms with Gasteiger partial charge in [0.2, 0.25) is 0 Å². The molecule has 106 valence electrons. The molecule has 4 heteroatoms. The molecule has 3 rings (SSSR count). The van der Waals surface area contributed by atoms with E-state index in [-0.39, 0.29) is 5.78 Å². The first-order valence-electron chi connectivity index (χ1n) is 6.74. The molecule has 2 aromatic carbocycles. The van der Waals surface area contributed by atoms with Crippen molar-refractivity contribution >= 4 is 28.3 Å². The zero-order chi connectivity index (χ0) is 14.8. The van der Waals surface area contributed by atoms with Crippen molar-refractivity contribution in [3.8, 4) is 5.75 Å². The minimum atomic E-state index is -0.112. The number of ketones is 1. The van der Waals surface area contributed by atoms with Crippen LogP contribution in [0.1, 0.15) is 22.8 Å². The van der Waals surface area contributed by atoms with E-state index in [0.717, 1.165) is 10.9 Å². The molecule has 0 radical (unpaired) electrons. The van der Waals surface area contributed by atoms with E-state index in [1.54, 1.807) is 30.5 Å². The highest BCUT2D eigenvalue weighted by Crippen LogP contribution is 2.31. The first-order valence-corrected chi connectivity index (χ1v) is 7.12. The Kier molecular flexibility index (Phi) is 3.67. The van der Waals surface area contributed by atoms with Crippen molar-refractivity contribution in [1.82, 2.24) is 4.98 Å². The monoisotopic (exact) mass is 299 g/mol. The first kappa shape index (κ1) is 13.7. The van der Waals surface area contributed by atoms with Crippen LogP contribution >= 0.6 is 11.6 Å². The molecular formula is C17H14ClNO2. The van der Waals surface area contributed by atoms with Gasteiger partial charge in [-0.15, -0.1) is 0 Å². The van der Waals surface area contributed by atoms with E-state index in [4.69, 9.17) is 16.3 Å². The molecule has 0 aliphatic heterocycles. The van der Waals surface area contributed by atoms with Crippen LogP contribution in [0.25, 0.3) is 10.9 Å². The van der Waals surface area contributed by atoms with Crippen molar-refractivity contribution in [3.63, 3.8) is 0 Å². The number of aromatic amines is 1. The first-order chi connectivity index (χ1) is 10.2. The zero-order valence-corrected chi connectivity index (χ0v) is 12.3. The Hall–Kier alpha value is -2.26. The Morgan fingerprint density at radius 1 is 1.14 bits per heavy atom. The van der Waals surface area contributed by atoms with Crippen LogP contribution in [0.4, 0.5) is 0 Å². The fourth-order valence-corrected chi connectivity index (χ4v) is 2.62. The summed E-state index contributed by atoms with van der Waals surface area (Å²) in [6, 6.07) is 12.7. The largest absolute Gasteiger partial charge is 0.493 e. The van der Waals surface area contributed by atoms with E-state index in [2.05, 4.69) is 4.98 Å². The van der Waals surface area contributed by atoms with Gasteiger partial charge in [-0.25, -0.2) is 0 Å². The maximum Gasteiger partial charge on any atom is 0.196 e. The van der Waals surface area contributed by atoms with Crippen LogP contribution in [0, 0.1) is 0 Å². The molecule has 0 aliphatic rings. The Labute approximate surface area is 127 Å². The quantitative estimate of drug-likeness (QED) is 0.723. The average Bonchev–Trinajstić information content (AvgIpc) is 2.92. The van der Waals surface area contributed by atoms with Gasteiger partial charge < -0.3 is 9.72 Å². The third-order valence-corrected chi connectivity index (χ3v) is 3.66. The van der Waals surface area contributed by atoms with Crippen LogP contribution in [0.3, 0.4) is 0 Å². The summed E-state index contributed by atoms with van der Waals surface area (Å²) in [4.78, 5) is 15.9. The third kappa shape index (κ3) is 2.41. The molecule has 1 aromatic heterocycles. The lowest BCUT2D eigenvalue weighted by molar-refractivity contribution is 0.104. The zero-order valence-electron chi connectivity index (χ0n) is 11.5. The lowest BCUT2D eigenvalue weighted by atomic mass is 10.0. The summed E-state index contributed by atoms with van der Waals surface area (Å²) >= 11 is 6.13. The van der Waals surface area contributed by atoms with Gasteiger partial charge in [-0.2, -0.15) is 0 Å². The molecule has 0 bridgehead atoms. The topological polar surface area (TPSA) is 42.1 Å².